The van der Waals surface area contributed by atoms with E-state index in [1.807, 2.05) is 12.1 Å². The summed E-state index contributed by atoms with van der Waals surface area (Å²) in [6, 6.07) is 16.8. The van der Waals surface area contributed by atoms with E-state index >= 15 is 0 Å². The molecule has 0 aromatic heterocycles. The molecule has 2 rings (SSSR count). The smallest absolute Gasteiger partial charge is 0.0184 e. The second-order valence-corrected chi connectivity index (χ2v) is 4.22. The molecule has 90 valence electrons. The summed E-state index contributed by atoms with van der Waals surface area (Å²) in [6.45, 7) is 6.03. The standard InChI is InChI=1S/C18H18/c1-3-15-9-5-7-11-17(15)13-14-18-12-8-6-10-16(18)4-2/h3,5-14H,1,4H2,2H3/b14-13-. The van der Waals surface area contributed by atoms with Gasteiger partial charge in [0.15, 0.2) is 0 Å². The number of hydrogen-bond donors (Lipinski definition) is 0. The Morgan fingerprint density at radius 3 is 2.06 bits per heavy atom. The summed E-state index contributed by atoms with van der Waals surface area (Å²) in [5.41, 5.74) is 5.05. The third-order valence-electron chi connectivity index (χ3n) is 3.09. The van der Waals surface area contributed by atoms with Crippen molar-refractivity contribution in [2.24, 2.45) is 0 Å². The fourth-order valence-electron chi connectivity index (χ4n) is 2.05. The molecule has 0 aliphatic carbocycles. The van der Waals surface area contributed by atoms with Gasteiger partial charge in [-0.25, -0.2) is 0 Å². The maximum absolute atomic E-state index is 3.85. The van der Waals surface area contributed by atoms with Gasteiger partial charge in [0.1, 0.15) is 0 Å². The normalized spacial score (nSPS) is 10.7. The zero-order valence-corrected chi connectivity index (χ0v) is 10.8. The molecule has 0 nitrogen and oxygen atoms in total. The van der Waals surface area contributed by atoms with Crippen LogP contribution >= 0.6 is 0 Å². The summed E-state index contributed by atoms with van der Waals surface area (Å²) < 4.78 is 0. The van der Waals surface area contributed by atoms with Crippen molar-refractivity contribution < 1.29 is 0 Å². The summed E-state index contributed by atoms with van der Waals surface area (Å²) in [6.07, 6.45) is 7.29. The van der Waals surface area contributed by atoms with Gasteiger partial charge in [-0.1, -0.05) is 80.3 Å². The first-order valence-corrected chi connectivity index (χ1v) is 6.32. The Kier molecular flexibility index (Phi) is 4.14. The molecule has 2 aromatic carbocycles. The molecule has 0 radical (unpaired) electrons. The Morgan fingerprint density at radius 1 is 0.833 bits per heavy atom. The molecular weight excluding hydrogens is 216 g/mol. The summed E-state index contributed by atoms with van der Waals surface area (Å²) >= 11 is 0. The van der Waals surface area contributed by atoms with Gasteiger partial charge in [0, 0.05) is 0 Å². The first kappa shape index (κ1) is 12.4. The third-order valence-corrected chi connectivity index (χ3v) is 3.09. The van der Waals surface area contributed by atoms with E-state index in [2.05, 4.69) is 68.1 Å². The van der Waals surface area contributed by atoms with E-state index in [1.165, 1.54) is 22.3 Å². The highest BCUT2D eigenvalue weighted by atomic mass is 14.0. The van der Waals surface area contributed by atoms with Crippen molar-refractivity contribution in [1.82, 2.24) is 0 Å². The highest BCUT2D eigenvalue weighted by Crippen LogP contribution is 2.16. The maximum Gasteiger partial charge on any atom is -0.0184 e. The summed E-state index contributed by atoms with van der Waals surface area (Å²) in [7, 11) is 0. The molecule has 0 N–H and O–H groups in total. The van der Waals surface area contributed by atoms with Crippen LogP contribution in [0.25, 0.3) is 18.2 Å². The number of rotatable bonds is 4. The molecule has 0 heterocycles. The number of benzene rings is 2. The molecule has 0 heteroatoms. The lowest BCUT2D eigenvalue weighted by Crippen LogP contribution is -1.85. The van der Waals surface area contributed by atoms with Gasteiger partial charge in [-0.2, -0.15) is 0 Å². The van der Waals surface area contributed by atoms with Crippen LogP contribution in [-0.2, 0) is 6.42 Å². The van der Waals surface area contributed by atoms with E-state index in [1.54, 1.807) is 0 Å². The minimum Gasteiger partial charge on any atom is -0.0984 e. The topological polar surface area (TPSA) is 0 Å². The fraction of sp³-hybridized carbons (Fsp3) is 0.111. The summed E-state index contributed by atoms with van der Waals surface area (Å²) in [5, 5.41) is 0. The van der Waals surface area contributed by atoms with Crippen molar-refractivity contribution in [3.63, 3.8) is 0 Å². The van der Waals surface area contributed by atoms with Crippen LogP contribution in [0.1, 0.15) is 29.2 Å². The predicted octanol–water partition coefficient (Wildman–Crippen LogP) is 5.06. The van der Waals surface area contributed by atoms with Crippen LogP contribution in [0.3, 0.4) is 0 Å². The van der Waals surface area contributed by atoms with Crippen LogP contribution in [0.15, 0.2) is 55.1 Å². The minimum absolute atomic E-state index is 1.06. The Bertz CT molecular complexity index is 562. The van der Waals surface area contributed by atoms with Crippen molar-refractivity contribution in [3.05, 3.63) is 77.4 Å². The van der Waals surface area contributed by atoms with Crippen LogP contribution in [0.4, 0.5) is 0 Å². The zero-order chi connectivity index (χ0) is 12.8. The molecule has 0 fully saturated rings. The average molecular weight is 234 g/mol. The van der Waals surface area contributed by atoms with Gasteiger partial charge in [-0.05, 0) is 28.7 Å². The van der Waals surface area contributed by atoms with E-state index < -0.39 is 0 Å². The van der Waals surface area contributed by atoms with Crippen LogP contribution < -0.4 is 0 Å². The van der Waals surface area contributed by atoms with Gasteiger partial charge in [0.05, 0.1) is 0 Å². The molecule has 2 aromatic rings. The van der Waals surface area contributed by atoms with Crippen LogP contribution in [0, 0.1) is 0 Å². The SMILES string of the molecule is C=Cc1ccccc1/C=C\c1ccccc1CC. The molecule has 18 heavy (non-hydrogen) atoms. The molecular formula is C18H18. The maximum atomic E-state index is 3.85. The largest absolute Gasteiger partial charge is 0.0984 e. The summed E-state index contributed by atoms with van der Waals surface area (Å²) in [4.78, 5) is 0. The van der Waals surface area contributed by atoms with Crippen molar-refractivity contribution in [2.75, 3.05) is 0 Å². The molecule has 0 amide bonds. The van der Waals surface area contributed by atoms with Gasteiger partial charge >= 0.3 is 0 Å². The van der Waals surface area contributed by atoms with Crippen molar-refractivity contribution in [2.45, 2.75) is 13.3 Å². The zero-order valence-electron chi connectivity index (χ0n) is 10.8. The second kappa shape index (κ2) is 6.02. The van der Waals surface area contributed by atoms with Gasteiger partial charge in [-0.3, -0.25) is 0 Å². The highest BCUT2D eigenvalue weighted by Gasteiger charge is 1.96. The predicted molar refractivity (Wildman–Crippen MR) is 81.3 cm³/mol. The molecule has 0 bridgehead atoms. The number of hydrogen-bond acceptors (Lipinski definition) is 0. The third kappa shape index (κ3) is 2.78. The Morgan fingerprint density at radius 2 is 1.39 bits per heavy atom. The first-order valence-electron chi connectivity index (χ1n) is 6.32. The Hall–Kier alpha value is -2.08. The molecule has 0 saturated heterocycles. The minimum atomic E-state index is 1.06. The van der Waals surface area contributed by atoms with Crippen molar-refractivity contribution >= 4 is 18.2 Å². The Balaban J connectivity index is 2.33. The lowest BCUT2D eigenvalue weighted by Gasteiger charge is -2.03. The lowest BCUT2D eigenvalue weighted by molar-refractivity contribution is 1.13. The van der Waals surface area contributed by atoms with E-state index in [0.29, 0.717) is 0 Å². The van der Waals surface area contributed by atoms with Crippen molar-refractivity contribution in [1.29, 1.82) is 0 Å². The van der Waals surface area contributed by atoms with E-state index in [0.717, 1.165) is 6.42 Å². The van der Waals surface area contributed by atoms with E-state index in [4.69, 9.17) is 0 Å². The van der Waals surface area contributed by atoms with Crippen molar-refractivity contribution in [3.8, 4) is 0 Å². The monoisotopic (exact) mass is 234 g/mol. The van der Waals surface area contributed by atoms with Crippen LogP contribution in [-0.4, -0.2) is 0 Å². The quantitative estimate of drug-likeness (QED) is 0.648. The van der Waals surface area contributed by atoms with Crippen LogP contribution in [0.5, 0.6) is 0 Å². The van der Waals surface area contributed by atoms with E-state index in [9.17, 15) is 0 Å². The molecule has 0 saturated carbocycles. The lowest BCUT2D eigenvalue weighted by atomic mass is 10.0. The second-order valence-electron chi connectivity index (χ2n) is 4.22. The van der Waals surface area contributed by atoms with E-state index in [-0.39, 0.29) is 0 Å². The van der Waals surface area contributed by atoms with Gasteiger partial charge in [0.25, 0.3) is 0 Å². The van der Waals surface area contributed by atoms with Crippen LogP contribution in [0.2, 0.25) is 0 Å². The highest BCUT2D eigenvalue weighted by molar-refractivity contribution is 5.75. The molecule has 0 atom stereocenters. The average Bonchev–Trinajstić information content (AvgIpc) is 2.45. The van der Waals surface area contributed by atoms with Gasteiger partial charge in [0.2, 0.25) is 0 Å². The number of aryl methyl sites for hydroxylation is 1. The molecule has 0 aliphatic heterocycles. The molecule has 0 spiro atoms. The fourth-order valence-corrected chi connectivity index (χ4v) is 2.05. The van der Waals surface area contributed by atoms with Gasteiger partial charge in [-0.15, -0.1) is 0 Å². The Labute approximate surface area is 109 Å². The first-order chi connectivity index (χ1) is 8.85. The molecule has 0 unspecified atom stereocenters. The molecule has 0 aliphatic rings. The van der Waals surface area contributed by atoms with Gasteiger partial charge < -0.3 is 0 Å². The summed E-state index contributed by atoms with van der Waals surface area (Å²) in [5.74, 6) is 0.